The van der Waals surface area contributed by atoms with Crippen LogP contribution in [0.3, 0.4) is 0 Å². The van der Waals surface area contributed by atoms with E-state index in [1.807, 2.05) is 0 Å². The molecule has 1 heterocycles. The first-order valence-corrected chi connectivity index (χ1v) is 7.57. The lowest BCUT2D eigenvalue weighted by Gasteiger charge is -2.14. The van der Waals surface area contributed by atoms with E-state index >= 15 is 0 Å². The Morgan fingerprint density at radius 2 is 2.05 bits per heavy atom. The molecule has 106 valence electrons. The summed E-state index contributed by atoms with van der Waals surface area (Å²) >= 11 is 0. The average Bonchev–Trinajstić information content (AvgIpc) is 2.38. The van der Waals surface area contributed by atoms with Crippen LogP contribution in [-0.2, 0) is 10.0 Å². The topological polar surface area (TPSA) is 59.1 Å². The number of nitrogens with one attached hydrogen (secondary N) is 1. The van der Waals surface area contributed by atoms with Crippen LogP contribution in [0.1, 0.15) is 24.1 Å². The molecular formula is C14H15FN2O2S. The fourth-order valence-corrected chi connectivity index (χ4v) is 3.11. The number of rotatable bonds is 4. The van der Waals surface area contributed by atoms with Gasteiger partial charge in [-0.2, -0.15) is 0 Å². The fourth-order valence-electron chi connectivity index (χ4n) is 1.82. The highest BCUT2D eigenvalue weighted by molar-refractivity contribution is 7.89. The van der Waals surface area contributed by atoms with Crippen molar-refractivity contribution in [2.45, 2.75) is 24.8 Å². The molecule has 1 aromatic heterocycles. The molecule has 0 saturated carbocycles. The van der Waals surface area contributed by atoms with Gasteiger partial charge in [0.05, 0.1) is 0 Å². The highest BCUT2D eigenvalue weighted by atomic mass is 32.2. The molecule has 1 unspecified atom stereocenters. The van der Waals surface area contributed by atoms with Crippen LogP contribution in [0.4, 0.5) is 4.39 Å². The molecule has 0 amide bonds. The van der Waals surface area contributed by atoms with Crippen LogP contribution < -0.4 is 4.72 Å². The van der Waals surface area contributed by atoms with Gasteiger partial charge in [-0.1, -0.05) is 12.1 Å². The van der Waals surface area contributed by atoms with E-state index in [2.05, 4.69) is 9.71 Å². The second kappa shape index (κ2) is 5.68. The van der Waals surface area contributed by atoms with Gasteiger partial charge in [-0.05, 0) is 43.2 Å². The predicted molar refractivity (Wildman–Crippen MR) is 74.1 cm³/mol. The zero-order valence-electron chi connectivity index (χ0n) is 11.2. The first-order chi connectivity index (χ1) is 9.40. The Labute approximate surface area is 117 Å². The van der Waals surface area contributed by atoms with Gasteiger partial charge in [0.25, 0.3) is 0 Å². The summed E-state index contributed by atoms with van der Waals surface area (Å²) in [6.45, 7) is 3.38. The third-order valence-electron chi connectivity index (χ3n) is 2.89. The molecule has 1 atom stereocenters. The van der Waals surface area contributed by atoms with E-state index < -0.39 is 21.9 Å². The summed E-state index contributed by atoms with van der Waals surface area (Å²) in [5, 5.41) is 0. The Morgan fingerprint density at radius 3 is 2.65 bits per heavy atom. The van der Waals surface area contributed by atoms with E-state index in [-0.39, 0.29) is 4.90 Å². The van der Waals surface area contributed by atoms with E-state index in [1.165, 1.54) is 12.1 Å². The maximum Gasteiger partial charge on any atom is 0.244 e. The van der Waals surface area contributed by atoms with Gasteiger partial charge in [0.2, 0.25) is 10.0 Å². The van der Waals surface area contributed by atoms with Crippen LogP contribution in [0, 0.1) is 12.7 Å². The van der Waals surface area contributed by atoms with Crippen LogP contribution in [-0.4, -0.2) is 13.4 Å². The minimum Gasteiger partial charge on any atom is -0.264 e. The zero-order chi connectivity index (χ0) is 14.8. The van der Waals surface area contributed by atoms with Crippen molar-refractivity contribution in [3.63, 3.8) is 0 Å². The first-order valence-electron chi connectivity index (χ1n) is 6.08. The molecule has 0 aliphatic heterocycles. The summed E-state index contributed by atoms with van der Waals surface area (Å²) in [6.07, 6.45) is 3.17. The summed E-state index contributed by atoms with van der Waals surface area (Å²) in [6, 6.07) is 7.01. The lowest BCUT2D eigenvalue weighted by Crippen LogP contribution is -2.27. The van der Waals surface area contributed by atoms with Gasteiger partial charge in [-0.25, -0.2) is 17.5 Å². The van der Waals surface area contributed by atoms with Crippen molar-refractivity contribution < 1.29 is 12.8 Å². The van der Waals surface area contributed by atoms with Crippen molar-refractivity contribution in [2.24, 2.45) is 0 Å². The van der Waals surface area contributed by atoms with Crippen LogP contribution in [0.15, 0.2) is 47.6 Å². The maximum atomic E-state index is 13.8. The average molecular weight is 294 g/mol. The third kappa shape index (κ3) is 3.20. The molecule has 6 heteroatoms. The molecule has 2 aromatic rings. The minimum absolute atomic E-state index is 0.348. The smallest absolute Gasteiger partial charge is 0.244 e. The normalized spacial score (nSPS) is 13.2. The van der Waals surface area contributed by atoms with Crippen molar-refractivity contribution >= 4 is 10.0 Å². The van der Waals surface area contributed by atoms with Gasteiger partial charge in [0.1, 0.15) is 10.7 Å². The number of halogens is 1. The number of hydrogen-bond donors (Lipinski definition) is 1. The van der Waals surface area contributed by atoms with Crippen molar-refractivity contribution in [3.05, 3.63) is 59.7 Å². The van der Waals surface area contributed by atoms with E-state index in [1.54, 1.807) is 44.4 Å². The predicted octanol–water partition coefficient (Wildman–Crippen LogP) is 2.57. The fraction of sp³-hybridized carbons (Fsp3) is 0.214. The van der Waals surface area contributed by atoms with E-state index in [4.69, 9.17) is 0 Å². The van der Waals surface area contributed by atoms with Crippen molar-refractivity contribution in [3.8, 4) is 0 Å². The highest BCUT2D eigenvalue weighted by Gasteiger charge is 2.22. The molecule has 0 fully saturated rings. The minimum atomic E-state index is -3.91. The number of aryl methyl sites for hydroxylation is 1. The molecule has 0 spiro atoms. The number of nitrogens with zero attached hydrogens (tertiary/aromatic N) is 1. The molecule has 4 nitrogen and oxygen atoms in total. The second-order valence-electron chi connectivity index (χ2n) is 4.56. The maximum absolute atomic E-state index is 13.8. The quantitative estimate of drug-likeness (QED) is 0.943. The summed E-state index contributed by atoms with van der Waals surface area (Å²) in [5.74, 6) is -0.754. The van der Waals surface area contributed by atoms with Crippen molar-refractivity contribution in [1.29, 1.82) is 0 Å². The summed E-state index contributed by atoms with van der Waals surface area (Å²) < 4.78 is 40.6. The Bertz CT molecular complexity index is 702. The summed E-state index contributed by atoms with van der Waals surface area (Å²) in [5.41, 5.74) is 1.38. The summed E-state index contributed by atoms with van der Waals surface area (Å²) in [4.78, 5) is 3.58. The third-order valence-corrected chi connectivity index (χ3v) is 4.47. The molecule has 0 saturated heterocycles. The van der Waals surface area contributed by atoms with Gasteiger partial charge in [0, 0.05) is 18.4 Å². The van der Waals surface area contributed by atoms with Gasteiger partial charge >= 0.3 is 0 Å². The van der Waals surface area contributed by atoms with Crippen LogP contribution in [0.25, 0.3) is 0 Å². The molecule has 0 bridgehead atoms. The lowest BCUT2D eigenvalue weighted by atomic mass is 10.2. The van der Waals surface area contributed by atoms with E-state index in [0.29, 0.717) is 11.1 Å². The van der Waals surface area contributed by atoms with Crippen molar-refractivity contribution in [1.82, 2.24) is 9.71 Å². The Balaban J connectivity index is 2.28. The van der Waals surface area contributed by atoms with Gasteiger partial charge in [-0.15, -0.1) is 0 Å². The van der Waals surface area contributed by atoms with Crippen molar-refractivity contribution in [2.75, 3.05) is 0 Å². The summed E-state index contributed by atoms with van der Waals surface area (Å²) in [7, 11) is -3.91. The van der Waals surface area contributed by atoms with Gasteiger partial charge in [-0.3, -0.25) is 4.98 Å². The number of hydrogen-bond acceptors (Lipinski definition) is 3. The first kappa shape index (κ1) is 14.6. The number of pyridine rings is 1. The standard InChI is InChI=1S/C14H15FN2O2S/c1-10-5-6-14(13(15)8-10)20(18,19)17-11(2)12-4-3-7-16-9-12/h3-9,11,17H,1-2H3. The van der Waals surface area contributed by atoms with Crippen LogP contribution in [0.5, 0.6) is 0 Å². The Morgan fingerprint density at radius 1 is 1.30 bits per heavy atom. The molecule has 0 aliphatic carbocycles. The molecule has 1 aromatic carbocycles. The second-order valence-corrected chi connectivity index (χ2v) is 6.25. The molecule has 0 aliphatic rings. The van der Waals surface area contributed by atoms with Gasteiger partial charge in [0.15, 0.2) is 0 Å². The zero-order valence-corrected chi connectivity index (χ0v) is 12.0. The molecule has 0 radical (unpaired) electrons. The van der Waals surface area contributed by atoms with Gasteiger partial charge < -0.3 is 0 Å². The Kier molecular flexibility index (Phi) is 4.15. The largest absolute Gasteiger partial charge is 0.264 e. The Hall–Kier alpha value is -1.79. The molecule has 1 N–H and O–H groups in total. The number of aromatic nitrogens is 1. The highest BCUT2D eigenvalue weighted by Crippen LogP contribution is 2.19. The number of sulfonamides is 1. The molecule has 20 heavy (non-hydrogen) atoms. The SMILES string of the molecule is Cc1ccc(S(=O)(=O)NC(C)c2cccnc2)c(F)c1. The number of benzene rings is 1. The van der Waals surface area contributed by atoms with Crippen LogP contribution >= 0.6 is 0 Å². The molecule has 2 rings (SSSR count). The molecular weight excluding hydrogens is 279 g/mol. The van der Waals surface area contributed by atoms with E-state index in [9.17, 15) is 12.8 Å². The monoisotopic (exact) mass is 294 g/mol. The van der Waals surface area contributed by atoms with Crippen LogP contribution in [0.2, 0.25) is 0 Å². The lowest BCUT2D eigenvalue weighted by molar-refractivity contribution is 0.546. The van der Waals surface area contributed by atoms with E-state index in [0.717, 1.165) is 0 Å².